The van der Waals surface area contributed by atoms with Gasteiger partial charge in [0.15, 0.2) is 5.82 Å². The van der Waals surface area contributed by atoms with Gasteiger partial charge in [-0.05, 0) is 61.4 Å². The van der Waals surface area contributed by atoms with Crippen molar-refractivity contribution in [3.63, 3.8) is 0 Å². The highest BCUT2D eigenvalue weighted by molar-refractivity contribution is 5.04. The van der Waals surface area contributed by atoms with Gasteiger partial charge in [0.1, 0.15) is 0 Å². The SMILES string of the molecule is CNC(C)c1nnnn1CC1(C2CC2)CC1. The first kappa shape index (κ1) is 10.2. The van der Waals surface area contributed by atoms with Crippen molar-refractivity contribution in [3.8, 4) is 0 Å². The van der Waals surface area contributed by atoms with E-state index in [9.17, 15) is 0 Å². The molecule has 2 saturated carbocycles. The zero-order chi connectivity index (χ0) is 11.2. The quantitative estimate of drug-likeness (QED) is 0.810. The maximum atomic E-state index is 4.14. The van der Waals surface area contributed by atoms with E-state index in [1.54, 1.807) is 0 Å². The minimum Gasteiger partial charge on any atom is -0.311 e. The Labute approximate surface area is 95.6 Å². The summed E-state index contributed by atoms with van der Waals surface area (Å²) in [5.41, 5.74) is 0.553. The summed E-state index contributed by atoms with van der Waals surface area (Å²) < 4.78 is 2.01. The molecule has 0 aliphatic heterocycles. The monoisotopic (exact) mass is 221 g/mol. The predicted octanol–water partition coefficient (Wildman–Crippen LogP) is 1.14. The van der Waals surface area contributed by atoms with Gasteiger partial charge in [0.2, 0.25) is 0 Å². The summed E-state index contributed by atoms with van der Waals surface area (Å²) >= 11 is 0. The van der Waals surface area contributed by atoms with Gasteiger partial charge >= 0.3 is 0 Å². The van der Waals surface area contributed by atoms with Crippen LogP contribution in [0.4, 0.5) is 0 Å². The molecule has 0 saturated heterocycles. The molecule has 1 atom stereocenters. The molecule has 1 N–H and O–H groups in total. The van der Waals surface area contributed by atoms with Crippen LogP contribution in [0.25, 0.3) is 0 Å². The lowest BCUT2D eigenvalue weighted by atomic mass is 10.0. The molecule has 5 nitrogen and oxygen atoms in total. The first-order chi connectivity index (χ1) is 7.75. The largest absolute Gasteiger partial charge is 0.311 e. The van der Waals surface area contributed by atoms with Crippen molar-refractivity contribution in [2.75, 3.05) is 7.05 Å². The molecule has 5 heteroatoms. The number of nitrogens with one attached hydrogen (secondary N) is 1. The van der Waals surface area contributed by atoms with Crippen LogP contribution < -0.4 is 5.32 Å². The summed E-state index contributed by atoms with van der Waals surface area (Å²) in [6, 6.07) is 0.227. The number of tetrazole rings is 1. The highest BCUT2D eigenvalue weighted by Gasteiger charge is 2.54. The van der Waals surface area contributed by atoms with E-state index in [1.807, 2.05) is 11.7 Å². The van der Waals surface area contributed by atoms with Gasteiger partial charge in [-0.1, -0.05) is 0 Å². The zero-order valence-corrected chi connectivity index (χ0v) is 9.98. The average Bonchev–Trinajstić information content (AvgIpc) is 3.16. The van der Waals surface area contributed by atoms with Crippen molar-refractivity contribution < 1.29 is 0 Å². The summed E-state index contributed by atoms with van der Waals surface area (Å²) in [4.78, 5) is 0. The fourth-order valence-corrected chi connectivity index (χ4v) is 2.61. The van der Waals surface area contributed by atoms with Crippen LogP contribution in [0.3, 0.4) is 0 Å². The van der Waals surface area contributed by atoms with E-state index in [1.165, 1.54) is 25.7 Å². The van der Waals surface area contributed by atoms with Gasteiger partial charge in [0.05, 0.1) is 12.6 Å². The summed E-state index contributed by atoms with van der Waals surface area (Å²) in [6.45, 7) is 3.12. The fourth-order valence-electron chi connectivity index (χ4n) is 2.61. The van der Waals surface area contributed by atoms with Gasteiger partial charge in [-0.15, -0.1) is 5.10 Å². The van der Waals surface area contributed by atoms with Crippen LogP contribution in [0.2, 0.25) is 0 Å². The molecule has 88 valence electrons. The summed E-state index contributed by atoms with van der Waals surface area (Å²) in [5, 5.41) is 15.3. The molecule has 0 bridgehead atoms. The molecule has 1 aromatic rings. The van der Waals surface area contributed by atoms with E-state index in [2.05, 4.69) is 27.8 Å². The Balaban J connectivity index is 1.76. The van der Waals surface area contributed by atoms with Crippen LogP contribution in [-0.2, 0) is 6.54 Å². The number of aromatic nitrogens is 4. The Kier molecular flexibility index (Phi) is 2.24. The summed E-state index contributed by atoms with van der Waals surface area (Å²) in [7, 11) is 1.94. The fraction of sp³-hybridized carbons (Fsp3) is 0.909. The minimum atomic E-state index is 0.227. The third-order valence-corrected chi connectivity index (χ3v) is 4.18. The van der Waals surface area contributed by atoms with Gasteiger partial charge < -0.3 is 5.32 Å². The van der Waals surface area contributed by atoms with Crippen LogP contribution >= 0.6 is 0 Å². The Morgan fingerprint density at radius 2 is 2.25 bits per heavy atom. The second-order valence-electron chi connectivity index (χ2n) is 5.34. The van der Waals surface area contributed by atoms with Gasteiger partial charge in [0, 0.05) is 0 Å². The molecule has 1 aromatic heterocycles. The number of rotatable bonds is 5. The minimum absolute atomic E-state index is 0.227. The van der Waals surface area contributed by atoms with Crippen LogP contribution in [0.5, 0.6) is 0 Å². The molecule has 2 aliphatic rings. The number of hydrogen-bond acceptors (Lipinski definition) is 4. The van der Waals surface area contributed by atoms with Crippen LogP contribution in [-0.4, -0.2) is 27.3 Å². The molecular formula is C11H19N5. The average molecular weight is 221 g/mol. The van der Waals surface area contributed by atoms with Crippen LogP contribution in [0, 0.1) is 11.3 Å². The third-order valence-electron chi connectivity index (χ3n) is 4.18. The molecule has 1 heterocycles. The topological polar surface area (TPSA) is 55.6 Å². The van der Waals surface area contributed by atoms with E-state index in [4.69, 9.17) is 0 Å². The maximum absolute atomic E-state index is 4.14. The molecular weight excluding hydrogens is 202 g/mol. The third kappa shape index (κ3) is 1.63. The Morgan fingerprint density at radius 1 is 1.50 bits per heavy atom. The van der Waals surface area contributed by atoms with Crippen molar-refractivity contribution in [3.05, 3.63) is 5.82 Å². The highest BCUT2D eigenvalue weighted by Crippen LogP contribution is 2.62. The Hall–Kier alpha value is -0.970. The second-order valence-corrected chi connectivity index (χ2v) is 5.34. The van der Waals surface area contributed by atoms with E-state index < -0.39 is 0 Å². The highest BCUT2D eigenvalue weighted by atomic mass is 15.5. The standard InChI is InChI=1S/C11H19N5/c1-8(12-2)10-13-14-15-16(10)7-11(5-6-11)9-3-4-9/h8-9,12H,3-7H2,1-2H3. The van der Waals surface area contributed by atoms with Gasteiger partial charge in [-0.3, -0.25) is 0 Å². The lowest BCUT2D eigenvalue weighted by Gasteiger charge is -2.16. The molecule has 1 unspecified atom stereocenters. The Morgan fingerprint density at radius 3 is 2.81 bits per heavy atom. The molecule has 0 spiro atoms. The summed E-state index contributed by atoms with van der Waals surface area (Å²) in [6.07, 6.45) is 5.56. The molecule has 2 aliphatic carbocycles. The molecule has 0 radical (unpaired) electrons. The van der Waals surface area contributed by atoms with Gasteiger partial charge in [-0.2, -0.15) is 0 Å². The summed E-state index contributed by atoms with van der Waals surface area (Å²) in [5.74, 6) is 1.92. The zero-order valence-electron chi connectivity index (χ0n) is 9.98. The lowest BCUT2D eigenvalue weighted by molar-refractivity contribution is 0.334. The van der Waals surface area contributed by atoms with Crippen molar-refractivity contribution in [2.45, 2.75) is 45.2 Å². The number of nitrogens with zero attached hydrogens (tertiary/aromatic N) is 4. The molecule has 0 amide bonds. The smallest absolute Gasteiger partial charge is 0.167 e. The molecule has 3 rings (SSSR count). The predicted molar refractivity (Wildman–Crippen MR) is 59.7 cm³/mol. The van der Waals surface area contributed by atoms with E-state index in [-0.39, 0.29) is 6.04 Å². The van der Waals surface area contributed by atoms with E-state index in [0.29, 0.717) is 5.41 Å². The van der Waals surface area contributed by atoms with Crippen LogP contribution in [0.1, 0.15) is 44.5 Å². The van der Waals surface area contributed by atoms with E-state index >= 15 is 0 Å². The van der Waals surface area contributed by atoms with Crippen LogP contribution in [0.15, 0.2) is 0 Å². The first-order valence-corrected chi connectivity index (χ1v) is 6.18. The van der Waals surface area contributed by atoms with Crippen molar-refractivity contribution in [1.29, 1.82) is 0 Å². The molecule has 0 aromatic carbocycles. The van der Waals surface area contributed by atoms with Gasteiger partial charge in [-0.25, -0.2) is 4.68 Å². The van der Waals surface area contributed by atoms with Gasteiger partial charge in [0.25, 0.3) is 0 Å². The van der Waals surface area contributed by atoms with Crippen molar-refractivity contribution in [1.82, 2.24) is 25.5 Å². The number of hydrogen-bond donors (Lipinski definition) is 1. The van der Waals surface area contributed by atoms with E-state index in [0.717, 1.165) is 18.3 Å². The maximum Gasteiger partial charge on any atom is 0.167 e. The normalized spacial score (nSPS) is 24.4. The second kappa shape index (κ2) is 3.52. The Bertz CT molecular complexity index is 377. The first-order valence-electron chi connectivity index (χ1n) is 6.18. The van der Waals surface area contributed by atoms with Crippen molar-refractivity contribution >= 4 is 0 Å². The molecule has 16 heavy (non-hydrogen) atoms. The van der Waals surface area contributed by atoms with Crippen molar-refractivity contribution in [2.24, 2.45) is 11.3 Å². The lowest BCUT2D eigenvalue weighted by Crippen LogP contribution is -2.22. The molecule has 2 fully saturated rings.